The second kappa shape index (κ2) is 5.05. The maximum atomic E-state index is 4.37. The molecular formula is C11H19N3. The molecule has 2 unspecified atom stereocenters. The zero-order valence-corrected chi connectivity index (χ0v) is 9.41. The quantitative estimate of drug-likeness (QED) is 0.793. The van der Waals surface area contributed by atoms with Crippen LogP contribution in [0, 0.1) is 6.92 Å². The largest absolute Gasteiger partial charge is 0.317 e. The number of aromatic nitrogens is 2. The Balaban J connectivity index is 2.84. The van der Waals surface area contributed by atoms with Crippen LogP contribution in [0.1, 0.15) is 37.6 Å². The summed E-state index contributed by atoms with van der Waals surface area (Å²) in [6, 6.07) is 0.419. The molecule has 0 spiro atoms. The van der Waals surface area contributed by atoms with Crippen molar-refractivity contribution in [3.8, 4) is 0 Å². The summed E-state index contributed by atoms with van der Waals surface area (Å²) in [5, 5.41) is 3.25. The van der Waals surface area contributed by atoms with Gasteiger partial charge in [-0.05, 0) is 32.9 Å². The molecule has 0 aromatic carbocycles. The summed E-state index contributed by atoms with van der Waals surface area (Å²) in [5.41, 5.74) is 1.11. The van der Waals surface area contributed by atoms with E-state index < -0.39 is 0 Å². The fourth-order valence-electron chi connectivity index (χ4n) is 1.55. The van der Waals surface area contributed by atoms with Gasteiger partial charge >= 0.3 is 0 Å². The summed E-state index contributed by atoms with van der Waals surface area (Å²) < 4.78 is 0. The van der Waals surface area contributed by atoms with Crippen LogP contribution in [-0.4, -0.2) is 23.1 Å². The first-order valence-electron chi connectivity index (χ1n) is 5.14. The smallest absolute Gasteiger partial charge is 0.132 e. The number of aryl methyl sites for hydroxylation is 1. The third-order valence-corrected chi connectivity index (χ3v) is 2.63. The second-order valence-electron chi connectivity index (χ2n) is 3.71. The van der Waals surface area contributed by atoms with E-state index >= 15 is 0 Å². The molecule has 0 aliphatic carbocycles. The van der Waals surface area contributed by atoms with Crippen LogP contribution >= 0.6 is 0 Å². The Morgan fingerprint density at radius 2 is 1.93 bits per heavy atom. The van der Waals surface area contributed by atoms with Crippen molar-refractivity contribution < 1.29 is 0 Å². The molecular weight excluding hydrogens is 174 g/mol. The molecule has 3 nitrogen and oxygen atoms in total. The van der Waals surface area contributed by atoms with E-state index in [0.717, 1.165) is 17.8 Å². The molecule has 1 rings (SSSR count). The van der Waals surface area contributed by atoms with Gasteiger partial charge in [0.15, 0.2) is 0 Å². The minimum absolute atomic E-state index is 0.403. The molecule has 0 bridgehead atoms. The van der Waals surface area contributed by atoms with Crippen LogP contribution in [-0.2, 0) is 0 Å². The van der Waals surface area contributed by atoms with Crippen molar-refractivity contribution in [2.75, 3.05) is 7.05 Å². The molecule has 1 heterocycles. The summed E-state index contributed by atoms with van der Waals surface area (Å²) in [4.78, 5) is 8.73. The average molecular weight is 193 g/mol. The molecule has 1 N–H and O–H groups in total. The third-order valence-electron chi connectivity index (χ3n) is 2.63. The van der Waals surface area contributed by atoms with Crippen LogP contribution in [0.25, 0.3) is 0 Å². The van der Waals surface area contributed by atoms with Gasteiger partial charge in [-0.2, -0.15) is 0 Å². The highest BCUT2D eigenvalue weighted by Crippen LogP contribution is 2.19. The molecule has 2 atom stereocenters. The molecule has 0 fully saturated rings. The fourth-order valence-corrected chi connectivity index (χ4v) is 1.55. The van der Waals surface area contributed by atoms with E-state index in [1.54, 1.807) is 0 Å². The van der Waals surface area contributed by atoms with E-state index in [9.17, 15) is 0 Å². The Hall–Kier alpha value is -0.960. The first kappa shape index (κ1) is 11.1. The fraction of sp³-hybridized carbons (Fsp3) is 0.636. The van der Waals surface area contributed by atoms with E-state index in [1.165, 1.54) is 0 Å². The normalized spacial score (nSPS) is 15.1. The summed E-state index contributed by atoms with van der Waals surface area (Å²) in [6.07, 6.45) is 4.83. The molecule has 14 heavy (non-hydrogen) atoms. The molecule has 3 heteroatoms. The maximum absolute atomic E-state index is 4.37. The van der Waals surface area contributed by atoms with Gasteiger partial charge in [0, 0.05) is 24.4 Å². The van der Waals surface area contributed by atoms with Crippen LogP contribution in [0.3, 0.4) is 0 Å². The molecule has 0 aliphatic heterocycles. The lowest BCUT2D eigenvalue weighted by atomic mass is 9.97. The molecule has 1 aromatic rings. The van der Waals surface area contributed by atoms with Crippen LogP contribution < -0.4 is 5.32 Å². The number of rotatable bonds is 4. The van der Waals surface area contributed by atoms with Gasteiger partial charge in [0.2, 0.25) is 0 Å². The number of hydrogen-bond acceptors (Lipinski definition) is 3. The zero-order chi connectivity index (χ0) is 10.6. The van der Waals surface area contributed by atoms with Gasteiger partial charge in [-0.3, -0.25) is 0 Å². The van der Waals surface area contributed by atoms with Gasteiger partial charge in [0.05, 0.1) is 0 Å². The second-order valence-corrected chi connectivity index (χ2v) is 3.71. The first-order chi connectivity index (χ1) is 6.69. The molecule has 1 aromatic heterocycles. The van der Waals surface area contributed by atoms with E-state index in [1.807, 2.05) is 26.4 Å². The van der Waals surface area contributed by atoms with Gasteiger partial charge in [0.1, 0.15) is 5.82 Å². The summed E-state index contributed by atoms with van der Waals surface area (Å²) >= 11 is 0. The Labute approximate surface area is 86.0 Å². The Morgan fingerprint density at radius 3 is 2.36 bits per heavy atom. The predicted molar refractivity (Wildman–Crippen MR) is 58.3 cm³/mol. The number of likely N-dealkylation sites (N-methyl/N-ethyl adjacent to an activating group) is 1. The van der Waals surface area contributed by atoms with Crippen LogP contribution in [0.2, 0.25) is 0 Å². The Kier molecular flexibility index (Phi) is 4.01. The van der Waals surface area contributed by atoms with Crippen LogP contribution in [0.15, 0.2) is 12.4 Å². The molecule has 0 amide bonds. The highest BCUT2D eigenvalue weighted by molar-refractivity contribution is 5.06. The summed E-state index contributed by atoms with van der Waals surface area (Å²) in [7, 11) is 1.97. The van der Waals surface area contributed by atoms with Crippen molar-refractivity contribution in [2.45, 2.75) is 39.2 Å². The predicted octanol–water partition coefficient (Wildman–Crippen LogP) is 1.89. The van der Waals surface area contributed by atoms with Gasteiger partial charge in [-0.15, -0.1) is 0 Å². The lowest BCUT2D eigenvalue weighted by Crippen LogP contribution is -2.29. The molecule has 0 aliphatic rings. The van der Waals surface area contributed by atoms with Gasteiger partial charge in [-0.25, -0.2) is 9.97 Å². The topological polar surface area (TPSA) is 37.8 Å². The van der Waals surface area contributed by atoms with Gasteiger partial charge < -0.3 is 5.32 Å². The van der Waals surface area contributed by atoms with E-state index in [-0.39, 0.29) is 0 Å². The summed E-state index contributed by atoms with van der Waals surface area (Å²) in [6.45, 7) is 6.34. The van der Waals surface area contributed by atoms with Crippen LogP contribution in [0.4, 0.5) is 0 Å². The monoisotopic (exact) mass is 193 g/mol. The standard InChI is InChI=1S/C11H19N3/c1-5-10(9(3)12-4)11-13-6-8(2)7-14-11/h6-7,9-10,12H,5H2,1-4H3. The van der Waals surface area contributed by atoms with Crippen molar-refractivity contribution in [1.82, 2.24) is 15.3 Å². The molecule has 0 saturated carbocycles. The van der Waals surface area contributed by atoms with Gasteiger partial charge in [-0.1, -0.05) is 6.92 Å². The zero-order valence-electron chi connectivity index (χ0n) is 9.41. The van der Waals surface area contributed by atoms with Crippen molar-refractivity contribution in [1.29, 1.82) is 0 Å². The Bertz CT molecular complexity index is 268. The maximum Gasteiger partial charge on any atom is 0.132 e. The third kappa shape index (κ3) is 2.51. The molecule has 0 saturated heterocycles. The van der Waals surface area contributed by atoms with E-state index in [0.29, 0.717) is 12.0 Å². The minimum atomic E-state index is 0.403. The highest BCUT2D eigenvalue weighted by Gasteiger charge is 2.18. The number of hydrogen-bond donors (Lipinski definition) is 1. The summed E-state index contributed by atoms with van der Waals surface area (Å²) in [5.74, 6) is 1.35. The number of nitrogens with zero attached hydrogens (tertiary/aromatic N) is 2. The van der Waals surface area contributed by atoms with Crippen molar-refractivity contribution in [3.05, 3.63) is 23.8 Å². The lowest BCUT2D eigenvalue weighted by molar-refractivity contribution is 0.463. The van der Waals surface area contributed by atoms with Crippen molar-refractivity contribution >= 4 is 0 Å². The lowest BCUT2D eigenvalue weighted by Gasteiger charge is -2.20. The number of nitrogens with one attached hydrogen (secondary N) is 1. The Morgan fingerprint density at radius 1 is 1.36 bits per heavy atom. The SMILES string of the molecule is CCC(c1ncc(C)cn1)C(C)NC. The average Bonchev–Trinajstić information content (AvgIpc) is 2.21. The van der Waals surface area contributed by atoms with E-state index in [2.05, 4.69) is 29.1 Å². The minimum Gasteiger partial charge on any atom is -0.317 e. The molecule has 0 radical (unpaired) electrons. The molecule has 78 valence electrons. The van der Waals surface area contributed by atoms with E-state index in [4.69, 9.17) is 0 Å². The highest BCUT2D eigenvalue weighted by atomic mass is 14.9. The van der Waals surface area contributed by atoms with Crippen molar-refractivity contribution in [3.63, 3.8) is 0 Å². The first-order valence-corrected chi connectivity index (χ1v) is 5.14. The van der Waals surface area contributed by atoms with Crippen LogP contribution in [0.5, 0.6) is 0 Å². The van der Waals surface area contributed by atoms with Gasteiger partial charge in [0.25, 0.3) is 0 Å². The van der Waals surface area contributed by atoms with Crippen molar-refractivity contribution in [2.24, 2.45) is 0 Å².